The molecule has 0 radical (unpaired) electrons. The molecular formula is C53H35N5. The van der Waals surface area contributed by atoms with Crippen LogP contribution < -0.4 is 19.6 Å². The lowest BCUT2D eigenvalue weighted by molar-refractivity contribution is 1.17. The van der Waals surface area contributed by atoms with Crippen molar-refractivity contribution in [3.8, 4) is 0 Å². The lowest BCUT2D eigenvalue weighted by Gasteiger charge is -2.43. The van der Waals surface area contributed by atoms with Crippen molar-refractivity contribution in [1.29, 1.82) is 0 Å². The van der Waals surface area contributed by atoms with Gasteiger partial charge < -0.3 is 19.6 Å². The van der Waals surface area contributed by atoms with E-state index in [2.05, 4.69) is 232 Å². The second-order valence-corrected chi connectivity index (χ2v) is 14.8. The van der Waals surface area contributed by atoms with Crippen LogP contribution in [0, 0.1) is 0 Å². The number of anilines is 12. The molecule has 0 unspecified atom stereocenters. The summed E-state index contributed by atoms with van der Waals surface area (Å²) >= 11 is 0. The molecule has 2 aliphatic heterocycles. The highest BCUT2D eigenvalue weighted by atomic mass is 15.3. The number of para-hydroxylation sites is 11. The van der Waals surface area contributed by atoms with Crippen molar-refractivity contribution >= 4 is 101 Å². The van der Waals surface area contributed by atoms with E-state index in [-0.39, 0.29) is 0 Å². The van der Waals surface area contributed by atoms with E-state index in [0.29, 0.717) is 0 Å². The summed E-state index contributed by atoms with van der Waals surface area (Å²) in [4.78, 5) is 15.0. The summed E-state index contributed by atoms with van der Waals surface area (Å²) in [7, 11) is 0. The lowest BCUT2D eigenvalue weighted by Crippen LogP contribution is -2.25. The Morgan fingerprint density at radius 3 is 1.03 bits per heavy atom. The quantitative estimate of drug-likeness (QED) is 0.132. The summed E-state index contributed by atoms with van der Waals surface area (Å²) in [5.41, 5.74) is 14.3. The van der Waals surface area contributed by atoms with Gasteiger partial charge in [-0.15, -0.1) is 0 Å². The molecule has 0 spiro atoms. The Balaban J connectivity index is 1.21. The Morgan fingerprint density at radius 2 is 0.586 bits per heavy atom. The van der Waals surface area contributed by atoms with Crippen LogP contribution in [0.25, 0.3) is 32.4 Å². The van der Waals surface area contributed by atoms with Gasteiger partial charge in [0.15, 0.2) is 0 Å². The number of hydrogen-bond acceptors (Lipinski definition) is 5. The molecule has 12 rings (SSSR count). The molecule has 0 amide bonds. The first-order chi connectivity index (χ1) is 28.8. The van der Waals surface area contributed by atoms with Gasteiger partial charge in [-0.3, -0.25) is 4.98 Å². The Labute approximate surface area is 336 Å². The Hall–Kier alpha value is -7.89. The topological polar surface area (TPSA) is 25.9 Å². The number of aromatic nitrogens is 1. The lowest BCUT2D eigenvalue weighted by atomic mass is 9.92. The third-order valence-corrected chi connectivity index (χ3v) is 11.6. The number of fused-ring (bicyclic) bond motifs is 8. The molecule has 3 heterocycles. The van der Waals surface area contributed by atoms with Crippen LogP contribution in [-0.4, -0.2) is 4.98 Å². The van der Waals surface area contributed by atoms with Crippen molar-refractivity contribution < 1.29 is 0 Å². The van der Waals surface area contributed by atoms with Gasteiger partial charge in [0.25, 0.3) is 0 Å². The smallest absolute Gasteiger partial charge is 0.0709 e. The van der Waals surface area contributed by atoms with Gasteiger partial charge in [-0.2, -0.15) is 0 Å². The molecule has 0 atom stereocenters. The third kappa shape index (κ3) is 4.68. The van der Waals surface area contributed by atoms with Crippen molar-refractivity contribution in [3.05, 3.63) is 212 Å². The monoisotopic (exact) mass is 741 g/mol. The Kier molecular flexibility index (Phi) is 7.16. The molecule has 272 valence electrons. The average molecular weight is 742 g/mol. The molecule has 9 aromatic carbocycles. The van der Waals surface area contributed by atoms with Crippen LogP contribution in [0.1, 0.15) is 0 Å². The second-order valence-electron chi connectivity index (χ2n) is 14.8. The molecule has 5 heteroatoms. The molecule has 0 bridgehead atoms. The second kappa shape index (κ2) is 12.8. The van der Waals surface area contributed by atoms with E-state index in [9.17, 15) is 0 Å². The summed E-state index contributed by atoms with van der Waals surface area (Å²) in [6.45, 7) is 0. The first kappa shape index (κ1) is 32.4. The number of rotatable bonds is 4. The van der Waals surface area contributed by atoms with Crippen LogP contribution in [0.3, 0.4) is 0 Å². The molecule has 2 aliphatic rings. The van der Waals surface area contributed by atoms with Gasteiger partial charge in [-0.1, -0.05) is 127 Å². The normalized spacial score (nSPS) is 13.0. The highest BCUT2D eigenvalue weighted by Crippen LogP contribution is 2.61. The predicted octanol–water partition coefficient (Wildman–Crippen LogP) is 15.0. The van der Waals surface area contributed by atoms with Crippen LogP contribution >= 0.6 is 0 Å². The largest absolute Gasteiger partial charge is 0.306 e. The summed E-state index contributed by atoms with van der Waals surface area (Å²) < 4.78 is 0. The van der Waals surface area contributed by atoms with Crippen molar-refractivity contribution in [3.63, 3.8) is 0 Å². The average Bonchev–Trinajstić information content (AvgIpc) is 3.30. The molecule has 58 heavy (non-hydrogen) atoms. The maximum Gasteiger partial charge on any atom is 0.0709 e. The first-order valence-corrected chi connectivity index (χ1v) is 19.7. The number of hydrogen-bond donors (Lipinski definition) is 0. The van der Waals surface area contributed by atoms with Gasteiger partial charge in [0.05, 0.1) is 62.4 Å². The third-order valence-electron chi connectivity index (χ3n) is 11.6. The van der Waals surface area contributed by atoms with E-state index in [4.69, 9.17) is 4.98 Å². The summed E-state index contributed by atoms with van der Waals surface area (Å²) in [5.74, 6) is 0. The Morgan fingerprint density at radius 1 is 0.259 bits per heavy atom. The van der Waals surface area contributed by atoms with Crippen LogP contribution in [0.2, 0.25) is 0 Å². The molecule has 0 N–H and O–H groups in total. The van der Waals surface area contributed by atoms with Gasteiger partial charge in [0, 0.05) is 44.5 Å². The molecule has 0 saturated heterocycles. The molecule has 5 nitrogen and oxygen atoms in total. The van der Waals surface area contributed by atoms with Crippen molar-refractivity contribution in [1.82, 2.24) is 4.98 Å². The summed E-state index contributed by atoms with van der Waals surface area (Å²) in [6.07, 6.45) is 2.11. The fourth-order valence-electron chi connectivity index (χ4n) is 9.31. The minimum atomic E-state index is 0.955. The van der Waals surface area contributed by atoms with E-state index < -0.39 is 0 Å². The SMILES string of the molecule is c1ccc(N2c3ccccc3N(c3c4ccccc4c(N4c5ccccc5N(c5ccccc5)c5ccccc54)c4c3cnc3ccccc34)c3ccccc32)cc1. The van der Waals surface area contributed by atoms with E-state index in [1.165, 1.54) is 0 Å². The molecule has 0 aliphatic carbocycles. The van der Waals surface area contributed by atoms with E-state index >= 15 is 0 Å². The van der Waals surface area contributed by atoms with Crippen LogP contribution in [0.4, 0.5) is 68.2 Å². The zero-order valence-corrected chi connectivity index (χ0v) is 31.4. The minimum Gasteiger partial charge on any atom is -0.306 e. The van der Waals surface area contributed by atoms with Crippen LogP contribution in [-0.2, 0) is 0 Å². The van der Waals surface area contributed by atoms with Crippen molar-refractivity contribution in [2.24, 2.45) is 0 Å². The summed E-state index contributed by atoms with van der Waals surface area (Å²) in [6, 6.07) is 74.0. The number of benzene rings is 9. The van der Waals surface area contributed by atoms with Crippen molar-refractivity contribution in [2.45, 2.75) is 0 Å². The zero-order valence-electron chi connectivity index (χ0n) is 31.4. The van der Waals surface area contributed by atoms with Gasteiger partial charge in [0.2, 0.25) is 0 Å². The highest BCUT2D eigenvalue weighted by Gasteiger charge is 2.36. The maximum atomic E-state index is 5.21. The highest BCUT2D eigenvalue weighted by molar-refractivity contribution is 6.30. The van der Waals surface area contributed by atoms with E-state index in [1.54, 1.807) is 0 Å². The fourth-order valence-corrected chi connectivity index (χ4v) is 9.31. The standard InChI is InChI=1S/C53H35N5/c1-3-19-36(20-4-1)55-43-27-11-15-31-47(43)57(48-32-16-12-28-44(48)55)52-38-23-7-8-24-39(38)53(51-40-25-9-10-26-42(40)54-35-41(51)52)58-49-33-17-13-29-45(49)56(37-21-5-2-6-22-37)46-30-14-18-34-50(46)58/h1-35H. The molecule has 1 aromatic heterocycles. The summed E-state index contributed by atoms with van der Waals surface area (Å²) in [5, 5.41) is 5.62. The zero-order chi connectivity index (χ0) is 38.2. The molecule has 0 saturated carbocycles. The number of pyridine rings is 1. The Bertz CT molecular complexity index is 3120. The molecular weight excluding hydrogens is 707 g/mol. The van der Waals surface area contributed by atoms with Gasteiger partial charge in [-0.25, -0.2) is 0 Å². The van der Waals surface area contributed by atoms with E-state index in [0.717, 1.165) is 101 Å². The van der Waals surface area contributed by atoms with E-state index in [1.807, 2.05) is 0 Å². The van der Waals surface area contributed by atoms with Gasteiger partial charge in [0.1, 0.15) is 0 Å². The van der Waals surface area contributed by atoms with Gasteiger partial charge >= 0.3 is 0 Å². The van der Waals surface area contributed by atoms with Crippen LogP contribution in [0.5, 0.6) is 0 Å². The van der Waals surface area contributed by atoms with Crippen LogP contribution in [0.15, 0.2) is 212 Å². The fraction of sp³-hybridized carbons (Fsp3) is 0. The predicted molar refractivity (Wildman–Crippen MR) is 243 cm³/mol. The van der Waals surface area contributed by atoms with Gasteiger partial charge in [-0.05, 0) is 78.9 Å². The minimum absolute atomic E-state index is 0.955. The van der Waals surface area contributed by atoms with Crippen molar-refractivity contribution in [2.75, 3.05) is 19.6 Å². The first-order valence-electron chi connectivity index (χ1n) is 19.7. The maximum absolute atomic E-state index is 5.21. The molecule has 10 aromatic rings. The number of nitrogens with zero attached hydrogens (tertiary/aromatic N) is 5. The molecule has 0 fully saturated rings.